The van der Waals surface area contributed by atoms with E-state index in [4.69, 9.17) is 0 Å². The molecule has 0 aliphatic heterocycles. The molecule has 0 saturated carbocycles. The molecule has 0 amide bonds. The fraction of sp³-hybridized carbons (Fsp3) is 0.800. The number of Topliss-reactive ketones (excluding diaryl/α,β-unsaturated/α-hetero) is 1. The number of allylic oxidation sites excluding steroid dienone is 2. The lowest BCUT2D eigenvalue weighted by Gasteiger charge is -2.01. The molecule has 0 spiro atoms. The highest BCUT2D eigenvalue weighted by atomic mass is 16.1. The Morgan fingerprint density at radius 3 is 1.88 bits per heavy atom. The van der Waals surface area contributed by atoms with Crippen LogP contribution in [0.3, 0.4) is 0 Å². The Labute approximate surface area is 100 Å². The summed E-state index contributed by atoms with van der Waals surface area (Å²) in [6.07, 6.45) is 18.7. The Bertz CT molecular complexity index is 205. The van der Waals surface area contributed by atoms with Crippen LogP contribution in [0.15, 0.2) is 12.2 Å². The van der Waals surface area contributed by atoms with Gasteiger partial charge in [0.2, 0.25) is 0 Å². The fourth-order valence-corrected chi connectivity index (χ4v) is 2.25. The molecule has 1 heteroatoms. The summed E-state index contributed by atoms with van der Waals surface area (Å²) in [4.78, 5) is 11.5. The second-order valence-corrected chi connectivity index (χ2v) is 4.92. The quantitative estimate of drug-likeness (QED) is 0.538. The summed E-state index contributed by atoms with van der Waals surface area (Å²) in [5, 5.41) is 0. The van der Waals surface area contributed by atoms with Gasteiger partial charge in [-0.2, -0.15) is 0 Å². The average Bonchev–Trinajstić information content (AvgIpc) is 2.29. The van der Waals surface area contributed by atoms with Crippen molar-refractivity contribution in [3.8, 4) is 0 Å². The number of rotatable bonds is 0. The van der Waals surface area contributed by atoms with Gasteiger partial charge in [0.15, 0.2) is 0 Å². The highest BCUT2D eigenvalue weighted by Crippen LogP contribution is 2.12. The zero-order valence-corrected chi connectivity index (χ0v) is 10.5. The van der Waals surface area contributed by atoms with Crippen molar-refractivity contribution < 1.29 is 4.79 Å². The standard InChI is InChI=1S/C15H26O/c16-15-13-11-9-7-5-3-1-2-4-6-8-10-12-14-15/h5,7H,1-4,6,8-14H2/b7-5+. The third-order valence-corrected chi connectivity index (χ3v) is 3.32. The van der Waals surface area contributed by atoms with Gasteiger partial charge in [-0.3, -0.25) is 4.79 Å². The lowest BCUT2D eigenvalue weighted by molar-refractivity contribution is -0.119. The molecule has 0 aromatic rings. The van der Waals surface area contributed by atoms with Gasteiger partial charge in [-0.15, -0.1) is 0 Å². The van der Waals surface area contributed by atoms with Crippen LogP contribution in [0.1, 0.15) is 77.0 Å². The van der Waals surface area contributed by atoms with Crippen LogP contribution < -0.4 is 0 Å². The summed E-state index contributed by atoms with van der Waals surface area (Å²) in [5.74, 6) is 0.475. The van der Waals surface area contributed by atoms with E-state index in [-0.39, 0.29) is 0 Å². The molecule has 0 aromatic carbocycles. The van der Waals surface area contributed by atoms with E-state index >= 15 is 0 Å². The Kier molecular flexibility index (Phi) is 8.10. The van der Waals surface area contributed by atoms with Crippen LogP contribution in [0, 0.1) is 0 Å². The number of carbonyl (C=O) groups is 1. The molecule has 0 unspecified atom stereocenters. The molecule has 92 valence electrons. The van der Waals surface area contributed by atoms with Gasteiger partial charge in [-0.25, -0.2) is 0 Å². The molecule has 0 saturated heterocycles. The molecule has 0 bridgehead atoms. The first-order valence-electron chi connectivity index (χ1n) is 7.06. The summed E-state index contributed by atoms with van der Waals surface area (Å²) in [7, 11) is 0. The first-order chi connectivity index (χ1) is 7.89. The third kappa shape index (κ3) is 7.67. The Balaban J connectivity index is 2.20. The zero-order valence-electron chi connectivity index (χ0n) is 10.5. The molecule has 0 heterocycles. The molecule has 0 radical (unpaired) electrons. The van der Waals surface area contributed by atoms with Crippen LogP contribution in [-0.4, -0.2) is 5.78 Å². The second kappa shape index (κ2) is 9.62. The first kappa shape index (κ1) is 13.5. The summed E-state index contributed by atoms with van der Waals surface area (Å²) in [6, 6.07) is 0. The normalized spacial score (nSPS) is 24.4. The maximum atomic E-state index is 11.5. The SMILES string of the molecule is O=C1CCC/C=C/CCCCCCCCC1. The molecule has 0 aromatic heterocycles. The van der Waals surface area contributed by atoms with E-state index < -0.39 is 0 Å². The second-order valence-electron chi connectivity index (χ2n) is 4.92. The summed E-state index contributed by atoms with van der Waals surface area (Å²) in [5.41, 5.74) is 0. The van der Waals surface area contributed by atoms with Gasteiger partial charge in [0, 0.05) is 12.8 Å². The maximum absolute atomic E-state index is 11.5. The van der Waals surface area contributed by atoms with Crippen molar-refractivity contribution in [3.63, 3.8) is 0 Å². The van der Waals surface area contributed by atoms with Crippen LogP contribution in [0.25, 0.3) is 0 Å². The predicted molar refractivity (Wildman–Crippen MR) is 69.6 cm³/mol. The smallest absolute Gasteiger partial charge is 0.132 e. The molecular formula is C15H26O. The van der Waals surface area contributed by atoms with Gasteiger partial charge < -0.3 is 0 Å². The monoisotopic (exact) mass is 222 g/mol. The van der Waals surface area contributed by atoms with Crippen LogP contribution in [0.4, 0.5) is 0 Å². The molecule has 0 fully saturated rings. The lowest BCUT2D eigenvalue weighted by atomic mass is 10.0. The van der Waals surface area contributed by atoms with E-state index in [1.165, 1.54) is 44.9 Å². The topological polar surface area (TPSA) is 17.1 Å². The van der Waals surface area contributed by atoms with Crippen molar-refractivity contribution in [2.24, 2.45) is 0 Å². The highest BCUT2D eigenvalue weighted by molar-refractivity contribution is 5.78. The van der Waals surface area contributed by atoms with Crippen molar-refractivity contribution in [2.75, 3.05) is 0 Å². The Morgan fingerprint density at radius 2 is 1.12 bits per heavy atom. The molecule has 1 aliphatic carbocycles. The Hall–Kier alpha value is -0.590. The Morgan fingerprint density at radius 1 is 0.625 bits per heavy atom. The number of hydrogen-bond acceptors (Lipinski definition) is 1. The van der Waals surface area contributed by atoms with Crippen LogP contribution >= 0.6 is 0 Å². The van der Waals surface area contributed by atoms with Crippen LogP contribution in [0.5, 0.6) is 0 Å². The van der Waals surface area contributed by atoms with Gasteiger partial charge in [0.25, 0.3) is 0 Å². The molecular weight excluding hydrogens is 196 g/mol. The first-order valence-corrected chi connectivity index (χ1v) is 7.06. The maximum Gasteiger partial charge on any atom is 0.132 e. The van der Waals surface area contributed by atoms with E-state index in [2.05, 4.69) is 12.2 Å². The molecule has 0 N–H and O–H groups in total. The van der Waals surface area contributed by atoms with Crippen molar-refractivity contribution in [1.82, 2.24) is 0 Å². The number of ketones is 1. The van der Waals surface area contributed by atoms with Crippen LogP contribution in [-0.2, 0) is 4.79 Å². The van der Waals surface area contributed by atoms with Crippen molar-refractivity contribution in [2.45, 2.75) is 77.0 Å². The van der Waals surface area contributed by atoms with E-state index in [0.29, 0.717) is 5.78 Å². The van der Waals surface area contributed by atoms with E-state index in [9.17, 15) is 4.79 Å². The minimum absolute atomic E-state index is 0.475. The highest BCUT2D eigenvalue weighted by Gasteiger charge is 2.01. The van der Waals surface area contributed by atoms with Crippen molar-refractivity contribution in [3.05, 3.63) is 12.2 Å². The van der Waals surface area contributed by atoms with Gasteiger partial charge in [0.1, 0.15) is 5.78 Å². The van der Waals surface area contributed by atoms with Gasteiger partial charge in [-0.1, -0.05) is 44.3 Å². The molecule has 1 rings (SSSR count). The van der Waals surface area contributed by atoms with E-state index in [0.717, 1.165) is 32.1 Å². The minimum atomic E-state index is 0.475. The summed E-state index contributed by atoms with van der Waals surface area (Å²) in [6.45, 7) is 0. The number of carbonyl (C=O) groups excluding carboxylic acids is 1. The largest absolute Gasteiger partial charge is 0.300 e. The third-order valence-electron chi connectivity index (χ3n) is 3.32. The predicted octanol–water partition coefficient (Wildman–Crippen LogP) is 4.81. The average molecular weight is 222 g/mol. The van der Waals surface area contributed by atoms with E-state index in [1.54, 1.807) is 0 Å². The van der Waals surface area contributed by atoms with Crippen molar-refractivity contribution in [1.29, 1.82) is 0 Å². The van der Waals surface area contributed by atoms with Gasteiger partial charge >= 0.3 is 0 Å². The van der Waals surface area contributed by atoms with E-state index in [1.807, 2.05) is 0 Å². The van der Waals surface area contributed by atoms with Gasteiger partial charge in [-0.05, 0) is 32.1 Å². The molecule has 1 aliphatic rings. The van der Waals surface area contributed by atoms with Crippen LogP contribution in [0.2, 0.25) is 0 Å². The number of hydrogen-bond donors (Lipinski definition) is 0. The minimum Gasteiger partial charge on any atom is -0.300 e. The lowest BCUT2D eigenvalue weighted by Crippen LogP contribution is -1.97. The van der Waals surface area contributed by atoms with Crippen molar-refractivity contribution >= 4 is 5.78 Å². The molecule has 16 heavy (non-hydrogen) atoms. The zero-order chi connectivity index (χ0) is 11.5. The fourth-order valence-electron chi connectivity index (χ4n) is 2.25. The summed E-state index contributed by atoms with van der Waals surface area (Å²) < 4.78 is 0. The molecule has 0 atom stereocenters. The van der Waals surface area contributed by atoms with Gasteiger partial charge in [0.05, 0.1) is 0 Å². The summed E-state index contributed by atoms with van der Waals surface area (Å²) >= 11 is 0. The molecule has 1 nitrogen and oxygen atoms in total.